The Morgan fingerprint density at radius 2 is 1.43 bits per heavy atom. The molecule has 2 aromatic carbocycles. The maximum Gasteiger partial charge on any atom is 0.242 e. The zero-order valence-corrected chi connectivity index (χ0v) is 28.6. The Hall–Kier alpha value is -3.58. The van der Waals surface area contributed by atoms with Gasteiger partial charge in [-0.3, -0.25) is 9.59 Å². The lowest BCUT2D eigenvalue weighted by molar-refractivity contribution is -0.141. The summed E-state index contributed by atoms with van der Waals surface area (Å²) in [6.07, 6.45) is 14.1. The van der Waals surface area contributed by atoms with Crippen LogP contribution in [0.5, 0.6) is 5.75 Å². The van der Waals surface area contributed by atoms with E-state index in [1.54, 1.807) is 12.0 Å². The second-order valence-corrected chi connectivity index (χ2v) is 12.2. The summed E-state index contributed by atoms with van der Waals surface area (Å²) in [5.74, 6) is 0.840. The number of hydrogen-bond donors (Lipinski definition) is 0. The van der Waals surface area contributed by atoms with Gasteiger partial charge >= 0.3 is 0 Å². The molecule has 7 nitrogen and oxygen atoms in total. The summed E-state index contributed by atoms with van der Waals surface area (Å²) >= 11 is 0. The Morgan fingerprint density at radius 3 is 2.15 bits per heavy atom. The van der Waals surface area contributed by atoms with Gasteiger partial charge in [0.05, 0.1) is 20.2 Å². The molecule has 0 aliphatic heterocycles. The first-order valence-corrected chi connectivity index (χ1v) is 17.5. The van der Waals surface area contributed by atoms with E-state index in [1.165, 1.54) is 44.9 Å². The van der Waals surface area contributed by atoms with Crippen LogP contribution in [0.1, 0.15) is 101 Å². The summed E-state index contributed by atoms with van der Waals surface area (Å²) in [7, 11) is 1.68. The Bertz CT molecular complexity index is 1260. The molecule has 0 N–H and O–H groups in total. The minimum atomic E-state index is -0.0465. The minimum absolute atomic E-state index is 0.0465. The molecular weight excluding hydrogens is 574 g/mol. The van der Waals surface area contributed by atoms with Crippen LogP contribution in [0.3, 0.4) is 0 Å². The van der Waals surface area contributed by atoms with Crippen molar-refractivity contribution in [2.24, 2.45) is 0 Å². The summed E-state index contributed by atoms with van der Waals surface area (Å²) in [4.78, 5) is 31.1. The number of carbonyl (C=O) groups excluding carboxylic acids is 2. The third-order valence-corrected chi connectivity index (χ3v) is 8.43. The van der Waals surface area contributed by atoms with Gasteiger partial charge in [-0.1, -0.05) is 101 Å². The molecule has 0 radical (unpaired) electrons. The number of hydrogen-bond acceptors (Lipinski definition) is 4. The Balaban J connectivity index is 1.66. The fourth-order valence-corrected chi connectivity index (χ4v) is 5.75. The van der Waals surface area contributed by atoms with Gasteiger partial charge in [-0.05, 0) is 55.2 Å². The topological polar surface area (TPSA) is 64.0 Å². The lowest BCUT2D eigenvalue weighted by atomic mass is 10.1. The van der Waals surface area contributed by atoms with Gasteiger partial charge in [0.25, 0.3) is 0 Å². The largest absolute Gasteiger partial charge is 0.497 e. The predicted molar refractivity (Wildman–Crippen MR) is 187 cm³/mol. The number of benzene rings is 2. The first kappa shape index (κ1) is 36.9. The van der Waals surface area contributed by atoms with E-state index < -0.39 is 0 Å². The number of rotatable bonds is 24. The molecule has 1 heterocycles. The van der Waals surface area contributed by atoms with E-state index in [-0.39, 0.29) is 18.4 Å². The highest BCUT2D eigenvalue weighted by atomic mass is 16.5. The minimum Gasteiger partial charge on any atom is -0.497 e. The smallest absolute Gasteiger partial charge is 0.242 e. The molecule has 3 aromatic rings. The maximum atomic E-state index is 14.0. The molecule has 3 rings (SSSR count). The first-order valence-electron chi connectivity index (χ1n) is 17.5. The second kappa shape index (κ2) is 22.0. The molecule has 0 aliphatic carbocycles. The van der Waals surface area contributed by atoms with Gasteiger partial charge in [-0.2, -0.15) is 0 Å². The highest BCUT2D eigenvalue weighted by Crippen LogP contribution is 2.18. The van der Waals surface area contributed by atoms with Crippen molar-refractivity contribution in [1.29, 1.82) is 0 Å². The van der Waals surface area contributed by atoms with E-state index >= 15 is 0 Å². The Labute approximate surface area is 277 Å². The summed E-state index contributed by atoms with van der Waals surface area (Å²) in [5.41, 5.74) is 3.22. The van der Waals surface area contributed by atoms with Crippen LogP contribution >= 0.6 is 0 Å². The molecule has 0 fully saturated rings. The first-order chi connectivity index (χ1) is 22.5. The number of nitrogens with zero attached hydrogens (tertiary/aromatic N) is 3. The molecule has 0 saturated heterocycles. The summed E-state index contributed by atoms with van der Waals surface area (Å²) in [5, 5.41) is 0. The number of unbranched alkanes of at least 4 members (excludes halogenated alkanes) is 8. The molecule has 0 spiro atoms. The molecular formula is C39H57N3O4. The van der Waals surface area contributed by atoms with Gasteiger partial charge in [-0.25, -0.2) is 0 Å². The predicted octanol–water partition coefficient (Wildman–Crippen LogP) is 8.25. The normalized spacial score (nSPS) is 11.0. The maximum absolute atomic E-state index is 14.0. The summed E-state index contributed by atoms with van der Waals surface area (Å²) in [6, 6.07) is 22.2. The number of amides is 2. The van der Waals surface area contributed by atoms with E-state index in [0.29, 0.717) is 52.2 Å². The summed E-state index contributed by atoms with van der Waals surface area (Å²) in [6.45, 7) is 7.64. The zero-order valence-electron chi connectivity index (χ0n) is 28.6. The monoisotopic (exact) mass is 631 g/mol. The average molecular weight is 632 g/mol. The average Bonchev–Trinajstić information content (AvgIpc) is 3.51. The van der Waals surface area contributed by atoms with Crippen molar-refractivity contribution >= 4 is 11.8 Å². The van der Waals surface area contributed by atoms with E-state index in [2.05, 4.69) is 29.8 Å². The number of methoxy groups -OCH3 is 1. The van der Waals surface area contributed by atoms with Crippen LogP contribution in [0, 0.1) is 0 Å². The van der Waals surface area contributed by atoms with E-state index in [9.17, 15) is 9.59 Å². The van der Waals surface area contributed by atoms with Gasteiger partial charge < -0.3 is 23.8 Å². The van der Waals surface area contributed by atoms with Gasteiger partial charge in [0.15, 0.2) is 0 Å². The fourth-order valence-electron chi connectivity index (χ4n) is 5.75. The van der Waals surface area contributed by atoms with Gasteiger partial charge in [-0.15, -0.1) is 0 Å². The number of aromatic nitrogens is 1. The van der Waals surface area contributed by atoms with Gasteiger partial charge in [0.1, 0.15) is 5.75 Å². The SMILES string of the molecule is CCCCCCCCCCCC(=O)N(CCCOCC)CC(=O)N(Cc1ccccc1)Cc1cccn1Cc1cccc(OC)c1. The van der Waals surface area contributed by atoms with Crippen molar-refractivity contribution in [1.82, 2.24) is 14.4 Å². The summed E-state index contributed by atoms with van der Waals surface area (Å²) < 4.78 is 13.2. The van der Waals surface area contributed by atoms with Crippen LogP contribution in [0.2, 0.25) is 0 Å². The highest BCUT2D eigenvalue weighted by Gasteiger charge is 2.22. The van der Waals surface area contributed by atoms with Crippen molar-refractivity contribution in [2.75, 3.05) is 33.4 Å². The number of carbonyl (C=O) groups is 2. The van der Waals surface area contributed by atoms with Crippen LogP contribution in [-0.2, 0) is 34.0 Å². The molecule has 46 heavy (non-hydrogen) atoms. The standard InChI is InChI=1S/C39H57N3O4/c1-4-6-7-8-9-10-11-12-16-25-38(43)41(27-19-28-46-5-2)33-39(44)42(30-34-20-14-13-15-21-34)32-36-23-18-26-40(36)31-35-22-17-24-37(29-35)45-3/h13-15,17-18,20-24,26,29H,4-12,16,19,25,27-28,30-33H2,1-3H3. The van der Waals surface area contributed by atoms with E-state index in [4.69, 9.17) is 9.47 Å². The molecule has 0 unspecified atom stereocenters. The van der Waals surface area contributed by atoms with Crippen molar-refractivity contribution in [3.05, 3.63) is 89.7 Å². The van der Waals surface area contributed by atoms with E-state index in [0.717, 1.165) is 35.4 Å². The van der Waals surface area contributed by atoms with E-state index in [1.807, 2.05) is 66.4 Å². The third-order valence-electron chi connectivity index (χ3n) is 8.43. The fraction of sp³-hybridized carbons (Fsp3) is 0.538. The lowest BCUT2D eigenvalue weighted by Crippen LogP contribution is -2.43. The molecule has 0 bridgehead atoms. The van der Waals surface area contributed by atoms with Crippen molar-refractivity contribution < 1.29 is 19.1 Å². The second-order valence-electron chi connectivity index (χ2n) is 12.2. The molecule has 0 atom stereocenters. The van der Waals surface area contributed by atoms with Crippen LogP contribution in [-0.4, -0.2) is 59.6 Å². The molecule has 7 heteroatoms. The van der Waals surface area contributed by atoms with Crippen LogP contribution in [0.25, 0.3) is 0 Å². The van der Waals surface area contributed by atoms with Crippen molar-refractivity contribution in [3.8, 4) is 5.75 Å². The Kier molecular flexibility index (Phi) is 17.7. The van der Waals surface area contributed by atoms with Crippen LogP contribution in [0.15, 0.2) is 72.9 Å². The third kappa shape index (κ3) is 13.8. The van der Waals surface area contributed by atoms with Crippen LogP contribution in [0.4, 0.5) is 0 Å². The van der Waals surface area contributed by atoms with Crippen molar-refractivity contribution in [3.63, 3.8) is 0 Å². The van der Waals surface area contributed by atoms with Crippen molar-refractivity contribution in [2.45, 2.75) is 104 Å². The quantitative estimate of drug-likeness (QED) is 0.0934. The Morgan fingerprint density at radius 1 is 0.717 bits per heavy atom. The van der Waals surface area contributed by atoms with Gasteiger partial charge in [0, 0.05) is 51.2 Å². The zero-order chi connectivity index (χ0) is 32.8. The molecule has 252 valence electrons. The molecule has 1 aromatic heterocycles. The lowest BCUT2D eigenvalue weighted by Gasteiger charge is -2.28. The molecule has 0 saturated carbocycles. The van der Waals surface area contributed by atoms with Crippen LogP contribution < -0.4 is 4.74 Å². The molecule has 0 aliphatic rings. The number of ether oxygens (including phenoxy) is 2. The highest BCUT2D eigenvalue weighted by molar-refractivity contribution is 5.84. The molecule has 2 amide bonds. The van der Waals surface area contributed by atoms with Gasteiger partial charge in [0.2, 0.25) is 11.8 Å².